The van der Waals surface area contributed by atoms with Crippen LogP contribution in [-0.4, -0.2) is 21.5 Å². The number of nitriles is 1. The van der Waals surface area contributed by atoms with Crippen molar-refractivity contribution >= 4 is 33.5 Å². The molecular weight excluding hydrogens is 386 g/mol. The standard InChI is InChI=1S/C16H11BrClNO4/c17-9-16(22,15(20)21)14-6-5-13(7-10(14)8-19)23-12-3-1-11(18)2-4-12/h1-7,22H,9H2,(H,20,21). The minimum atomic E-state index is -2.19. The van der Waals surface area contributed by atoms with Crippen LogP contribution in [0.1, 0.15) is 11.1 Å². The lowest BCUT2D eigenvalue weighted by Crippen LogP contribution is -2.38. The molecule has 0 fully saturated rings. The third kappa shape index (κ3) is 3.64. The van der Waals surface area contributed by atoms with Crippen LogP contribution in [0.5, 0.6) is 11.5 Å². The normalized spacial score (nSPS) is 13.0. The average Bonchev–Trinajstić information content (AvgIpc) is 2.56. The SMILES string of the molecule is N#Cc1cc(Oc2ccc(Cl)cc2)ccc1C(O)(CBr)C(=O)O. The summed E-state index contributed by atoms with van der Waals surface area (Å²) in [5.74, 6) is -0.591. The van der Waals surface area contributed by atoms with Crippen LogP contribution >= 0.6 is 27.5 Å². The van der Waals surface area contributed by atoms with E-state index in [1.54, 1.807) is 24.3 Å². The fraction of sp³-hybridized carbons (Fsp3) is 0.125. The summed E-state index contributed by atoms with van der Waals surface area (Å²) in [7, 11) is 0. The van der Waals surface area contributed by atoms with Gasteiger partial charge >= 0.3 is 5.97 Å². The molecule has 0 amide bonds. The number of hydrogen-bond acceptors (Lipinski definition) is 4. The second kappa shape index (κ2) is 7.01. The van der Waals surface area contributed by atoms with Crippen molar-refractivity contribution < 1.29 is 19.7 Å². The fourth-order valence-corrected chi connectivity index (χ4v) is 2.59. The maximum atomic E-state index is 11.3. The number of aliphatic hydroxyl groups is 1. The zero-order valence-electron chi connectivity index (χ0n) is 11.7. The molecule has 2 aromatic rings. The summed E-state index contributed by atoms with van der Waals surface area (Å²) in [5.41, 5.74) is -2.18. The highest BCUT2D eigenvalue weighted by Gasteiger charge is 2.39. The average molecular weight is 397 g/mol. The van der Waals surface area contributed by atoms with E-state index in [2.05, 4.69) is 15.9 Å². The van der Waals surface area contributed by atoms with Crippen LogP contribution in [0.2, 0.25) is 5.02 Å². The summed E-state index contributed by atoms with van der Waals surface area (Å²) >= 11 is 8.76. The number of nitrogens with zero attached hydrogens (tertiary/aromatic N) is 1. The molecule has 0 saturated carbocycles. The minimum absolute atomic E-state index is 0.00664. The van der Waals surface area contributed by atoms with Gasteiger partial charge in [0, 0.05) is 15.9 Å². The molecule has 0 aliphatic rings. The highest BCUT2D eigenvalue weighted by molar-refractivity contribution is 9.09. The van der Waals surface area contributed by atoms with Crippen LogP contribution in [0, 0.1) is 11.3 Å². The summed E-state index contributed by atoms with van der Waals surface area (Å²) < 4.78 is 5.59. The van der Waals surface area contributed by atoms with E-state index in [9.17, 15) is 20.3 Å². The summed E-state index contributed by atoms with van der Waals surface area (Å²) in [6.45, 7) is 0. The van der Waals surface area contributed by atoms with E-state index in [1.807, 2.05) is 6.07 Å². The first kappa shape index (κ1) is 17.3. The van der Waals surface area contributed by atoms with Gasteiger partial charge in [-0.15, -0.1) is 0 Å². The smallest absolute Gasteiger partial charge is 0.341 e. The molecule has 1 unspecified atom stereocenters. The van der Waals surface area contributed by atoms with Crippen LogP contribution in [-0.2, 0) is 10.4 Å². The maximum Gasteiger partial charge on any atom is 0.341 e. The molecule has 0 heterocycles. The number of alkyl halides is 1. The summed E-state index contributed by atoms with van der Waals surface area (Å²) in [5, 5.41) is 29.0. The second-order valence-electron chi connectivity index (χ2n) is 4.67. The molecule has 0 saturated heterocycles. The van der Waals surface area contributed by atoms with Crippen molar-refractivity contribution in [2.75, 3.05) is 5.33 Å². The Balaban J connectivity index is 2.39. The van der Waals surface area contributed by atoms with Crippen LogP contribution in [0.4, 0.5) is 0 Å². The minimum Gasteiger partial charge on any atom is -0.479 e. The molecule has 118 valence electrons. The van der Waals surface area contributed by atoms with Gasteiger partial charge in [-0.05, 0) is 36.4 Å². The fourth-order valence-electron chi connectivity index (χ4n) is 1.92. The number of aliphatic carboxylic acids is 1. The number of halogens is 2. The van der Waals surface area contributed by atoms with Gasteiger partial charge < -0.3 is 14.9 Å². The molecule has 0 bridgehead atoms. The number of hydrogen-bond donors (Lipinski definition) is 2. The van der Waals surface area contributed by atoms with E-state index in [0.717, 1.165) is 0 Å². The van der Waals surface area contributed by atoms with Gasteiger partial charge in [0.15, 0.2) is 5.60 Å². The first-order chi connectivity index (χ1) is 10.9. The van der Waals surface area contributed by atoms with Crippen molar-refractivity contribution in [3.05, 3.63) is 58.6 Å². The Hall–Kier alpha value is -2.07. The quantitative estimate of drug-likeness (QED) is 0.753. The van der Waals surface area contributed by atoms with Crippen molar-refractivity contribution in [1.29, 1.82) is 5.26 Å². The second-order valence-corrected chi connectivity index (χ2v) is 5.67. The monoisotopic (exact) mass is 395 g/mol. The van der Waals surface area contributed by atoms with E-state index in [1.165, 1.54) is 18.2 Å². The van der Waals surface area contributed by atoms with E-state index in [-0.39, 0.29) is 16.5 Å². The molecule has 0 aliphatic heterocycles. The Labute approximate surface area is 145 Å². The van der Waals surface area contributed by atoms with Crippen molar-refractivity contribution in [2.45, 2.75) is 5.60 Å². The molecule has 5 nitrogen and oxygen atoms in total. The highest BCUT2D eigenvalue weighted by atomic mass is 79.9. The third-order valence-electron chi connectivity index (χ3n) is 3.15. The number of carboxylic acid groups (broad SMARTS) is 1. The van der Waals surface area contributed by atoms with Gasteiger partial charge in [0.05, 0.1) is 11.6 Å². The van der Waals surface area contributed by atoms with E-state index in [4.69, 9.17) is 16.3 Å². The van der Waals surface area contributed by atoms with E-state index < -0.39 is 11.6 Å². The highest BCUT2D eigenvalue weighted by Crippen LogP contribution is 2.31. The Kier molecular flexibility index (Phi) is 5.26. The molecule has 0 aromatic heterocycles. The van der Waals surface area contributed by atoms with Crippen LogP contribution in [0.3, 0.4) is 0 Å². The number of carboxylic acids is 1. The van der Waals surface area contributed by atoms with Gasteiger partial charge in [-0.1, -0.05) is 33.6 Å². The largest absolute Gasteiger partial charge is 0.479 e. The van der Waals surface area contributed by atoms with Gasteiger partial charge in [0.1, 0.15) is 11.5 Å². The Morgan fingerprint density at radius 1 is 1.26 bits per heavy atom. The molecule has 0 aliphatic carbocycles. The number of rotatable bonds is 5. The van der Waals surface area contributed by atoms with Gasteiger partial charge in [-0.3, -0.25) is 0 Å². The molecule has 23 heavy (non-hydrogen) atoms. The summed E-state index contributed by atoms with van der Waals surface area (Å²) in [6, 6.07) is 12.7. The molecule has 0 spiro atoms. The van der Waals surface area contributed by atoms with Gasteiger partial charge in [-0.25, -0.2) is 4.79 Å². The van der Waals surface area contributed by atoms with E-state index in [0.29, 0.717) is 16.5 Å². The number of benzene rings is 2. The lowest BCUT2D eigenvalue weighted by atomic mass is 9.92. The maximum absolute atomic E-state index is 11.3. The van der Waals surface area contributed by atoms with Crippen molar-refractivity contribution in [2.24, 2.45) is 0 Å². The molecule has 1 atom stereocenters. The molecule has 7 heteroatoms. The Morgan fingerprint density at radius 3 is 2.39 bits per heavy atom. The number of ether oxygens (including phenoxy) is 1. The van der Waals surface area contributed by atoms with Crippen molar-refractivity contribution in [3.8, 4) is 17.6 Å². The van der Waals surface area contributed by atoms with Gasteiger partial charge in [0.2, 0.25) is 0 Å². The molecule has 2 aromatic carbocycles. The van der Waals surface area contributed by atoms with E-state index >= 15 is 0 Å². The molecule has 2 N–H and O–H groups in total. The molecular formula is C16H11BrClNO4. The molecule has 0 radical (unpaired) electrons. The summed E-state index contributed by atoms with van der Waals surface area (Å²) in [4.78, 5) is 11.3. The predicted octanol–water partition coefficient (Wildman–Crippen LogP) is 3.67. The summed E-state index contributed by atoms with van der Waals surface area (Å²) in [6.07, 6.45) is 0. The zero-order valence-corrected chi connectivity index (χ0v) is 14.0. The number of carbonyl (C=O) groups is 1. The van der Waals surface area contributed by atoms with Gasteiger partial charge in [0.25, 0.3) is 0 Å². The predicted molar refractivity (Wildman–Crippen MR) is 88.0 cm³/mol. The Morgan fingerprint density at radius 2 is 1.87 bits per heavy atom. The Bertz CT molecular complexity index is 773. The van der Waals surface area contributed by atoms with Crippen molar-refractivity contribution in [1.82, 2.24) is 0 Å². The van der Waals surface area contributed by atoms with Crippen LogP contribution in [0.15, 0.2) is 42.5 Å². The van der Waals surface area contributed by atoms with Crippen molar-refractivity contribution in [3.63, 3.8) is 0 Å². The molecule has 2 rings (SSSR count). The zero-order chi connectivity index (χ0) is 17.0. The lowest BCUT2D eigenvalue weighted by molar-refractivity contribution is -0.156. The first-order valence-corrected chi connectivity index (χ1v) is 7.90. The first-order valence-electron chi connectivity index (χ1n) is 6.40. The van der Waals surface area contributed by atoms with Crippen LogP contribution in [0.25, 0.3) is 0 Å². The van der Waals surface area contributed by atoms with Gasteiger partial charge in [-0.2, -0.15) is 5.26 Å². The third-order valence-corrected chi connectivity index (χ3v) is 4.22. The topological polar surface area (TPSA) is 90.5 Å². The van der Waals surface area contributed by atoms with Crippen LogP contribution < -0.4 is 4.74 Å². The lowest BCUT2D eigenvalue weighted by Gasteiger charge is -2.22.